The zero-order valence-electron chi connectivity index (χ0n) is 12.4. The van der Waals surface area contributed by atoms with E-state index in [9.17, 15) is 0 Å². The summed E-state index contributed by atoms with van der Waals surface area (Å²) in [5.74, 6) is 1.20. The Labute approximate surface area is 130 Å². The summed E-state index contributed by atoms with van der Waals surface area (Å²) >= 11 is 5.95. The molecule has 1 aromatic carbocycles. The Balaban J connectivity index is 2.00. The zero-order chi connectivity index (χ0) is 15.1. The summed E-state index contributed by atoms with van der Waals surface area (Å²) in [7, 11) is 0. The maximum atomic E-state index is 5.95. The van der Waals surface area contributed by atoms with E-state index in [1.807, 2.05) is 25.1 Å². The third-order valence-electron chi connectivity index (χ3n) is 3.07. The van der Waals surface area contributed by atoms with Crippen LogP contribution < -0.4 is 10.6 Å². The van der Waals surface area contributed by atoms with Crippen molar-refractivity contribution in [3.8, 4) is 0 Å². The first-order valence-corrected chi connectivity index (χ1v) is 7.53. The van der Waals surface area contributed by atoms with Crippen molar-refractivity contribution in [2.45, 2.75) is 33.1 Å². The van der Waals surface area contributed by atoms with E-state index in [0.717, 1.165) is 29.2 Å². The first kappa shape index (κ1) is 15.5. The number of anilines is 3. The number of aryl methyl sites for hydroxylation is 1. The molecule has 2 rings (SSSR count). The first-order valence-electron chi connectivity index (χ1n) is 7.16. The molecule has 0 atom stereocenters. The lowest BCUT2D eigenvalue weighted by atomic mass is 10.2. The summed E-state index contributed by atoms with van der Waals surface area (Å²) in [5, 5.41) is 15.1. The second-order valence-electron chi connectivity index (χ2n) is 4.88. The lowest BCUT2D eigenvalue weighted by Crippen LogP contribution is -2.07. The molecule has 1 heterocycles. The van der Waals surface area contributed by atoms with Crippen molar-refractivity contribution < 1.29 is 0 Å². The highest BCUT2D eigenvalue weighted by atomic mass is 35.5. The van der Waals surface area contributed by atoms with E-state index in [1.165, 1.54) is 12.8 Å². The highest BCUT2D eigenvalue weighted by Crippen LogP contribution is 2.22. The first-order chi connectivity index (χ1) is 10.2. The fourth-order valence-corrected chi connectivity index (χ4v) is 2.15. The minimum Gasteiger partial charge on any atom is -0.353 e. The fraction of sp³-hybridized carbons (Fsp3) is 0.400. The van der Waals surface area contributed by atoms with Gasteiger partial charge < -0.3 is 10.6 Å². The van der Waals surface area contributed by atoms with Crippen molar-refractivity contribution in [1.82, 2.24) is 15.2 Å². The molecule has 6 heteroatoms. The molecule has 0 radical (unpaired) electrons. The molecule has 0 fully saturated rings. The molecule has 0 saturated carbocycles. The lowest BCUT2D eigenvalue weighted by Gasteiger charge is -2.10. The van der Waals surface area contributed by atoms with Crippen molar-refractivity contribution in [3.63, 3.8) is 0 Å². The maximum Gasteiger partial charge on any atom is 0.244 e. The van der Waals surface area contributed by atoms with Crippen LogP contribution in [0, 0.1) is 6.92 Å². The van der Waals surface area contributed by atoms with Gasteiger partial charge in [0.15, 0.2) is 5.82 Å². The van der Waals surface area contributed by atoms with Gasteiger partial charge in [-0.3, -0.25) is 0 Å². The largest absolute Gasteiger partial charge is 0.353 e. The third-order valence-corrected chi connectivity index (χ3v) is 3.31. The Morgan fingerprint density at radius 1 is 1.24 bits per heavy atom. The Morgan fingerprint density at radius 3 is 2.86 bits per heavy atom. The molecule has 2 aromatic rings. The van der Waals surface area contributed by atoms with E-state index >= 15 is 0 Å². The molecule has 2 N–H and O–H groups in total. The number of hydrogen-bond acceptors (Lipinski definition) is 5. The molecule has 0 bridgehead atoms. The summed E-state index contributed by atoms with van der Waals surface area (Å²) in [6, 6.07) is 5.67. The van der Waals surface area contributed by atoms with Crippen LogP contribution in [0.1, 0.15) is 31.7 Å². The predicted octanol–water partition coefficient (Wildman–Crippen LogP) is 4.18. The van der Waals surface area contributed by atoms with Gasteiger partial charge in [0, 0.05) is 17.3 Å². The quantitative estimate of drug-likeness (QED) is 0.751. The molecule has 0 aliphatic rings. The molecule has 0 amide bonds. The molecule has 0 aliphatic carbocycles. The van der Waals surface area contributed by atoms with Gasteiger partial charge in [0.25, 0.3) is 0 Å². The summed E-state index contributed by atoms with van der Waals surface area (Å²) in [4.78, 5) is 4.40. The second-order valence-corrected chi connectivity index (χ2v) is 5.32. The number of aromatic nitrogens is 3. The fourth-order valence-electron chi connectivity index (χ4n) is 1.92. The van der Waals surface area contributed by atoms with E-state index in [-0.39, 0.29) is 0 Å². The zero-order valence-corrected chi connectivity index (χ0v) is 13.1. The number of nitrogens with one attached hydrogen (secondary N) is 2. The van der Waals surface area contributed by atoms with Crippen LogP contribution in [0.4, 0.5) is 17.5 Å². The molecule has 112 valence electrons. The molecule has 0 unspecified atom stereocenters. The second kappa shape index (κ2) is 7.78. The van der Waals surface area contributed by atoms with E-state index in [4.69, 9.17) is 11.6 Å². The van der Waals surface area contributed by atoms with Gasteiger partial charge in [-0.05, 0) is 37.1 Å². The monoisotopic (exact) mass is 305 g/mol. The SMILES string of the molecule is CCCCCNc1nncc(Nc2ccc(Cl)cc2C)n1. The van der Waals surface area contributed by atoms with Gasteiger partial charge in [-0.2, -0.15) is 10.1 Å². The van der Waals surface area contributed by atoms with Crippen molar-refractivity contribution in [1.29, 1.82) is 0 Å². The predicted molar refractivity (Wildman–Crippen MR) is 87.3 cm³/mol. The summed E-state index contributed by atoms with van der Waals surface area (Å²) in [6.07, 6.45) is 5.10. The Kier molecular flexibility index (Phi) is 5.75. The van der Waals surface area contributed by atoms with Gasteiger partial charge in [0.1, 0.15) is 0 Å². The minimum absolute atomic E-state index is 0.544. The lowest BCUT2D eigenvalue weighted by molar-refractivity contribution is 0.738. The molecule has 1 aromatic heterocycles. The van der Waals surface area contributed by atoms with Crippen molar-refractivity contribution in [3.05, 3.63) is 35.0 Å². The van der Waals surface area contributed by atoms with Gasteiger partial charge in [0.05, 0.1) is 6.20 Å². The average molecular weight is 306 g/mol. The van der Waals surface area contributed by atoms with Crippen LogP contribution in [0.15, 0.2) is 24.4 Å². The average Bonchev–Trinajstić information content (AvgIpc) is 2.47. The van der Waals surface area contributed by atoms with Gasteiger partial charge in [-0.15, -0.1) is 5.10 Å². The molecule has 5 nitrogen and oxygen atoms in total. The van der Waals surface area contributed by atoms with Gasteiger partial charge in [-0.25, -0.2) is 0 Å². The normalized spacial score (nSPS) is 10.4. The Hall–Kier alpha value is -1.88. The molecule has 0 saturated heterocycles. The van der Waals surface area contributed by atoms with E-state index < -0.39 is 0 Å². The number of benzene rings is 1. The number of halogens is 1. The Bertz CT molecular complexity index is 588. The van der Waals surface area contributed by atoms with Gasteiger partial charge >= 0.3 is 0 Å². The number of nitrogens with zero attached hydrogens (tertiary/aromatic N) is 3. The van der Waals surface area contributed by atoms with Crippen LogP contribution in [-0.4, -0.2) is 21.7 Å². The van der Waals surface area contributed by atoms with E-state index in [1.54, 1.807) is 6.20 Å². The van der Waals surface area contributed by atoms with E-state index in [2.05, 4.69) is 32.7 Å². The third kappa shape index (κ3) is 4.86. The van der Waals surface area contributed by atoms with Crippen LogP contribution in [0.5, 0.6) is 0 Å². The van der Waals surface area contributed by atoms with Crippen LogP contribution >= 0.6 is 11.6 Å². The standard InChI is InChI=1S/C15H20ClN5/c1-3-4-5-8-17-15-20-14(10-18-21-15)19-13-7-6-12(16)9-11(13)2/h6-7,9-10H,3-5,8H2,1-2H3,(H2,17,19,20,21). The van der Waals surface area contributed by atoms with Crippen LogP contribution in [0.3, 0.4) is 0 Å². The molecular weight excluding hydrogens is 286 g/mol. The van der Waals surface area contributed by atoms with Crippen LogP contribution in [0.2, 0.25) is 5.02 Å². The Morgan fingerprint density at radius 2 is 2.10 bits per heavy atom. The van der Waals surface area contributed by atoms with Crippen molar-refractivity contribution in [2.24, 2.45) is 0 Å². The smallest absolute Gasteiger partial charge is 0.244 e. The molecule has 21 heavy (non-hydrogen) atoms. The minimum atomic E-state index is 0.544. The van der Waals surface area contributed by atoms with Gasteiger partial charge in [-0.1, -0.05) is 31.4 Å². The van der Waals surface area contributed by atoms with Crippen molar-refractivity contribution >= 4 is 29.1 Å². The number of unbranched alkanes of at least 4 members (excludes halogenated alkanes) is 2. The van der Waals surface area contributed by atoms with Crippen molar-refractivity contribution in [2.75, 3.05) is 17.2 Å². The summed E-state index contributed by atoms with van der Waals surface area (Å²) in [6.45, 7) is 5.03. The number of hydrogen-bond donors (Lipinski definition) is 2. The van der Waals surface area contributed by atoms with Crippen LogP contribution in [-0.2, 0) is 0 Å². The highest BCUT2D eigenvalue weighted by Gasteiger charge is 2.03. The number of rotatable bonds is 7. The maximum absolute atomic E-state index is 5.95. The summed E-state index contributed by atoms with van der Waals surface area (Å²) in [5.41, 5.74) is 2.01. The molecule has 0 spiro atoms. The highest BCUT2D eigenvalue weighted by molar-refractivity contribution is 6.30. The van der Waals surface area contributed by atoms with Gasteiger partial charge in [0.2, 0.25) is 5.95 Å². The molecule has 0 aliphatic heterocycles. The van der Waals surface area contributed by atoms with Crippen LogP contribution in [0.25, 0.3) is 0 Å². The van der Waals surface area contributed by atoms with E-state index in [0.29, 0.717) is 11.8 Å². The molecular formula is C15H20ClN5. The topological polar surface area (TPSA) is 62.7 Å². The summed E-state index contributed by atoms with van der Waals surface area (Å²) < 4.78 is 0.